The van der Waals surface area contributed by atoms with Gasteiger partial charge in [-0.3, -0.25) is 10.8 Å². The summed E-state index contributed by atoms with van der Waals surface area (Å²) in [6.45, 7) is 3.44. The van der Waals surface area contributed by atoms with Crippen LogP contribution in [0.3, 0.4) is 0 Å². The Kier molecular flexibility index (Phi) is 13.4. The van der Waals surface area contributed by atoms with Crippen molar-refractivity contribution in [1.29, 1.82) is 10.8 Å². The van der Waals surface area contributed by atoms with Gasteiger partial charge >= 0.3 is 0 Å². The van der Waals surface area contributed by atoms with Gasteiger partial charge in [0.05, 0.1) is 0 Å². The molecule has 0 saturated carbocycles. The molecular weight excluding hydrogens is 566 g/mol. The van der Waals surface area contributed by atoms with E-state index in [-0.39, 0.29) is 17.8 Å². The molecule has 0 unspecified atom stereocenters. The Hall–Kier alpha value is -5.71. The van der Waals surface area contributed by atoms with Gasteiger partial charge in [-0.25, -0.2) is 0 Å². The Morgan fingerprint density at radius 2 is 1.00 bits per heavy atom. The fraction of sp³-hybridized carbons (Fsp3) is 0.440. The second-order valence-electron chi connectivity index (χ2n) is 9.40. The number of nitrogen functional groups attached to an aromatic ring is 3. The molecule has 0 bridgehead atoms. The maximum Gasteiger partial charge on any atom is 0.229 e. The van der Waals surface area contributed by atoms with E-state index >= 15 is 0 Å². The van der Waals surface area contributed by atoms with E-state index in [1.54, 1.807) is 0 Å². The smallest absolute Gasteiger partial charge is 0.229 e. The molecule has 19 heteroatoms. The van der Waals surface area contributed by atoms with Crippen LogP contribution in [0.5, 0.6) is 0 Å². The van der Waals surface area contributed by atoms with Crippen molar-refractivity contribution >= 4 is 47.4 Å². The average Bonchev–Trinajstić information content (AvgIpc) is 2.99. The van der Waals surface area contributed by atoms with Crippen LogP contribution >= 0.6 is 0 Å². The molecule has 0 amide bonds. The standard InChI is InChI=1S/C25H39N19/c26-18(32-10-1-3-12-34-23-39-20(28)38-21(29)40-23)16-6-8-17(9-7-16)19(27)33-11-2-4-13-35-24-41-22(30)42-25(43-24)36-14-5-15-37-44-31/h6-9H,1-5,10-15H2,(H2,26,32)(H2,27,33)(H5,28,29,34,38,39,40)(H4,30,35,36,41,42,43). The van der Waals surface area contributed by atoms with Crippen LogP contribution in [0.2, 0.25) is 0 Å². The Morgan fingerprint density at radius 1 is 0.614 bits per heavy atom. The van der Waals surface area contributed by atoms with Crippen LogP contribution in [0.25, 0.3) is 10.4 Å². The highest BCUT2D eigenvalue weighted by molar-refractivity contribution is 5.99. The van der Waals surface area contributed by atoms with E-state index in [2.05, 4.69) is 66.5 Å². The van der Waals surface area contributed by atoms with Gasteiger partial charge in [0.2, 0.25) is 35.7 Å². The summed E-state index contributed by atoms with van der Waals surface area (Å²) < 4.78 is 0. The Bertz CT molecular complexity index is 1380. The van der Waals surface area contributed by atoms with Gasteiger partial charge in [0.25, 0.3) is 0 Å². The number of nitrogens with one attached hydrogen (secondary N) is 7. The summed E-state index contributed by atoms with van der Waals surface area (Å²) >= 11 is 0. The number of nitrogens with zero attached hydrogens (tertiary/aromatic N) is 9. The Morgan fingerprint density at radius 3 is 1.45 bits per heavy atom. The largest absolute Gasteiger partial charge is 0.370 e. The molecule has 2 heterocycles. The summed E-state index contributed by atoms with van der Waals surface area (Å²) in [6.07, 6.45) is 3.94. The molecule has 1 aromatic carbocycles. The van der Waals surface area contributed by atoms with Gasteiger partial charge < -0.3 is 43.8 Å². The lowest BCUT2D eigenvalue weighted by Gasteiger charge is -2.11. The van der Waals surface area contributed by atoms with Gasteiger partial charge in [-0.1, -0.05) is 29.4 Å². The minimum atomic E-state index is 0.0710. The molecule has 13 N–H and O–H groups in total. The first-order valence-corrected chi connectivity index (χ1v) is 14.1. The number of benzene rings is 1. The fourth-order valence-corrected chi connectivity index (χ4v) is 3.77. The molecule has 0 aliphatic heterocycles. The number of hydrogen-bond acceptors (Lipinski definition) is 15. The molecule has 0 spiro atoms. The van der Waals surface area contributed by atoms with Gasteiger partial charge in [-0.2, -0.15) is 29.9 Å². The van der Waals surface area contributed by atoms with Gasteiger partial charge in [0.15, 0.2) is 0 Å². The van der Waals surface area contributed by atoms with Crippen molar-refractivity contribution in [1.82, 2.24) is 40.5 Å². The van der Waals surface area contributed by atoms with Crippen LogP contribution in [0.15, 0.2) is 29.4 Å². The lowest BCUT2D eigenvalue weighted by molar-refractivity contribution is 0.727. The maximum absolute atomic E-state index is 8.32. The first-order valence-electron chi connectivity index (χ1n) is 14.1. The van der Waals surface area contributed by atoms with E-state index in [4.69, 9.17) is 33.6 Å². The third kappa shape index (κ3) is 12.0. The summed E-state index contributed by atoms with van der Waals surface area (Å²) in [4.78, 5) is 26.8. The first-order chi connectivity index (χ1) is 21.3. The molecule has 0 atom stereocenters. The lowest BCUT2D eigenvalue weighted by atomic mass is 10.1. The van der Waals surface area contributed by atoms with Crippen LogP contribution in [-0.2, 0) is 0 Å². The highest BCUT2D eigenvalue weighted by Crippen LogP contribution is 2.08. The Labute approximate surface area is 254 Å². The second-order valence-corrected chi connectivity index (χ2v) is 9.40. The number of azide groups is 1. The molecular formula is C25H39N19. The minimum absolute atomic E-state index is 0.0710. The third-order valence-corrected chi connectivity index (χ3v) is 5.94. The van der Waals surface area contributed by atoms with Crippen LogP contribution < -0.4 is 43.8 Å². The van der Waals surface area contributed by atoms with Gasteiger partial charge in [-0.05, 0) is 37.6 Å². The quantitative estimate of drug-likeness (QED) is 0.0231. The maximum atomic E-state index is 8.32. The molecule has 0 aliphatic rings. The second kappa shape index (κ2) is 18.0. The number of hydrogen-bond donors (Lipinski definition) is 10. The number of nitrogens with two attached hydrogens (primary N) is 3. The summed E-state index contributed by atoms with van der Waals surface area (Å²) in [6, 6.07) is 7.30. The molecule has 0 radical (unpaired) electrons. The van der Waals surface area contributed by atoms with Crippen LogP contribution in [-0.4, -0.2) is 80.8 Å². The molecule has 3 rings (SSSR count). The van der Waals surface area contributed by atoms with Crippen molar-refractivity contribution in [2.75, 3.05) is 72.4 Å². The number of aromatic nitrogens is 6. The van der Waals surface area contributed by atoms with E-state index in [9.17, 15) is 0 Å². The number of rotatable bonds is 19. The predicted molar refractivity (Wildman–Crippen MR) is 172 cm³/mol. The van der Waals surface area contributed by atoms with Crippen molar-refractivity contribution in [3.63, 3.8) is 0 Å². The fourth-order valence-electron chi connectivity index (χ4n) is 3.77. The third-order valence-electron chi connectivity index (χ3n) is 5.94. The molecule has 2 aromatic heterocycles. The van der Waals surface area contributed by atoms with Gasteiger partial charge in [0, 0.05) is 55.3 Å². The zero-order valence-electron chi connectivity index (χ0n) is 24.3. The molecule has 0 aliphatic carbocycles. The van der Waals surface area contributed by atoms with Crippen LogP contribution in [0, 0.1) is 10.8 Å². The van der Waals surface area contributed by atoms with E-state index in [1.165, 1.54) is 0 Å². The van der Waals surface area contributed by atoms with Crippen molar-refractivity contribution < 1.29 is 0 Å². The first kappa shape index (κ1) is 32.8. The number of unbranched alkanes of at least 4 members (excludes halogenated alkanes) is 2. The number of anilines is 6. The molecule has 3 aromatic rings. The van der Waals surface area contributed by atoms with E-state index < -0.39 is 0 Å². The van der Waals surface area contributed by atoms with Crippen molar-refractivity contribution in [3.05, 3.63) is 45.8 Å². The van der Waals surface area contributed by atoms with E-state index in [0.717, 1.165) is 36.8 Å². The molecule has 44 heavy (non-hydrogen) atoms. The summed E-state index contributed by atoms with van der Waals surface area (Å²) in [5.74, 6) is 1.96. The lowest BCUT2D eigenvalue weighted by Crippen LogP contribution is -2.26. The number of amidine groups is 2. The molecule has 0 saturated heterocycles. The average molecular weight is 606 g/mol. The monoisotopic (exact) mass is 605 g/mol. The zero-order chi connectivity index (χ0) is 31.6. The highest BCUT2D eigenvalue weighted by Gasteiger charge is 2.06. The topological polar surface area (TPSA) is 312 Å². The summed E-state index contributed by atoms with van der Waals surface area (Å²) in [5, 5.41) is 35.5. The summed E-state index contributed by atoms with van der Waals surface area (Å²) in [7, 11) is 0. The van der Waals surface area contributed by atoms with Gasteiger partial charge in [-0.15, -0.1) is 0 Å². The van der Waals surface area contributed by atoms with Gasteiger partial charge in [0.1, 0.15) is 11.7 Å². The highest BCUT2D eigenvalue weighted by atomic mass is 15.2. The normalized spacial score (nSPS) is 10.4. The minimum Gasteiger partial charge on any atom is -0.370 e. The zero-order valence-corrected chi connectivity index (χ0v) is 24.3. The Balaban J connectivity index is 1.27. The molecule has 19 nitrogen and oxygen atoms in total. The van der Waals surface area contributed by atoms with Crippen molar-refractivity contribution in [2.24, 2.45) is 5.11 Å². The van der Waals surface area contributed by atoms with E-state index in [0.29, 0.717) is 75.2 Å². The van der Waals surface area contributed by atoms with Crippen LogP contribution in [0.1, 0.15) is 43.2 Å². The van der Waals surface area contributed by atoms with Crippen molar-refractivity contribution in [2.45, 2.75) is 32.1 Å². The predicted octanol–water partition coefficient (Wildman–Crippen LogP) is 1.53. The molecule has 0 fully saturated rings. The van der Waals surface area contributed by atoms with E-state index in [1.807, 2.05) is 24.3 Å². The molecule has 234 valence electrons. The SMILES string of the molecule is [N-]=[N+]=NCCCNc1nc(N)nc(NCCCCNC(=N)c2ccc(C(=N)NCCCCNc3nc(N)nc(N)n3)cc2)n1. The summed E-state index contributed by atoms with van der Waals surface area (Å²) in [5.41, 5.74) is 26.7. The van der Waals surface area contributed by atoms with Crippen LogP contribution in [0.4, 0.5) is 35.7 Å². The van der Waals surface area contributed by atoms with Crippen molar-refractivity contribution in [3.8, 4) is 0 Å².